The predicted octanol–water partition coefficient (Wildman–Crippen LogP) is 1.72. The van der Waals surface area contributed by atoms with Gasteiger partial charge in [-0.2, -0.15) is 5.26 Å². The van der Waals surface area contributed by atoms with E-state index in [1.165, 1.54) is 23.1 Å². The summed E-state index contributed by atoms with van der Waals surface area (Å²) in [6.45, 7) is 0.193. The van der Waals surface area contributed by atoms with Crippen LogP contribution in [0.2, 0.25) is 0 Å². The summed E-state index contributed by atoms with van der Waals surface area (Å²) in [5, 5.41) is 26.4. The smallest absolute Gasteiger partial charge is 0.203 e. The summed E-state index contributed by atoms with van der Waals surface area (Å²) < 4.78 is 6.22. The lowest BCUT2D eigenvalue weighted by Crippen LogP contribution is -2.20. The Labute approximate surface area is 130 Å². The van der Waals surface area contributed by atoms with Crippen LogP contribution in [0, 0.1) is 11.3 Å². The van der Waals surface area contributed by atoms with Gasteiger partial charge in [0.1, 0.15) is 12.4 Å². The first kappa shape index (κ1) is 15.6. The largest absolute Gasteiger partial charge is 0.491 e. The number of nitrogen functional groups attached to an aromatic ring is 1. The number of nitrogens with two attached hydrogens (primary N) is 1. The van der Waals surface area contributed by atoms with Gasteiger partial charge in [-0.15, -0.1) is 10.2 Å². The molecular weight excluding hydrogens is 308 g/mol. The van der Waals surface area contributed by atoms with Gasteiger partial charge in [-0.3, -0.25) is 0 Å². The zero-order chi connectivity index (χ0) is 15.1. The van der Waals surface area contributed by atoms with Gasteiger partial charge in [0.05, 0.1) is 18.6 Å². The van der Waals surface area contributed by atoms with Crippen molar-refractivity contribution in [1.82, 2.24) is 10.2 Å². The summed E-state index contributed by atoms with van der Waals surface area (Å²) in [4.78, 5) is 0. The number of thioether (sulfide) groups is 1. The van der Waals surface area contributed by atoms with Gasteiger partial charge in [0.15, 0.2) is 4.34 Å². The van der Waals surface area contributed by atoms with Crippen molar-refractivity contribution in [3.8, 4) is 11.8 Å². The molecule has 0 aliphatic carbocycles. The van der Waals surface area contributed by atoms with Crippen LogP contribution >= 0.6 is 23.1 Å². The second kappa shape index (κ2) is 7.83. The summed E-state index contributed by atoms with van der Waals surface area (Å²) in [6, 6.07) is 9.34. The van der Waals surface area contributed by atoms with Crippen molar-refractivity contribution in [2.24, 2.45) is 0 Å². The molecule has 1 heterocycles. The van der Waals surface area contributed by atoms with E-state index in [1.807, 2.05) is 12.1 Å². The first-order chi connectivity index (χ1) is 10.2. The highest BCUT2D eigenvalue weighted by Gasteiger charge is 2.09. The fourth-order valence-electron chi connectivity index (χ4n) is 1.48. The number of anilines is 1. The van der Waals surface area contributed by atoms with Crippen LogP contribution in [0.25, 0.3) is 0 Å². The van der Waals surface area contributed by atoms with Gasteiger partial charge in [-0.25, -0.2) is 0 Å². The predicted molar refractivity (Wildman–Crippen MR) is 82.3 cm³/mol. The molecule has 0 saturated carbocycles. The molecule has 21 heavy (non-hydrogen) atoms. The van der Waals surface area contributed by atoms with Crippen LogP contribution in [0.15, 0.2) is 28.6 Å². The van der Waals surface area contributed by atoms with E-state index in [2.05, 4.69) is 16.3 Å². The van der Waals surface area contributed by atoms with Crippen molar-refractivity contribution in [3.63, 3.8) is 0 Å². The lowest BCUT2D eigenvalue weighted by Gasteiger charge is -2.11. The summed E-state index contributed by atoms with van der Waals surface area (Å²) >= 11 is 2.68. The molecule has 6 nitrogen and oxygen atoms in total. The average Bonchev–Trinajstić information content (AvgIpc) is 2.90. The van der Waals surface area contributed by atoms with Crippen LogP contribution in [0.1, 0.15) is 5.56 Å². The Morgan fingerprint density at radius 2 is 2.14 bits per heavy atom. The summed E-state index contributed by atoms with van der Waals surface area (Å²) in [5.41, 5.74) is 6.42. The molecule has 1 unspecified atom stereocenters. The van der Waals surface area contributed by atoms with Gasteiger partial charge in [0, 0.05) is 5.75 Å². The SMILES string of the molecule is N#CCc1ccc(OCC(O)CSc2nnc(N)s2)cc1. The summed E-state index contributed by atoms with van der Waals surface area (Å²) in [5.74, 6) is 1.13. The molecular formula is C13H14N4O2S2. The second-order valence-electron chi connectivity index (χ2n) is 4.16. The minimum atomic E-state index is -0.612. The van der Waals surface area contributed by atoms with Crippen molar-refractivity contribution in [1.29, 1.82) is 5.26 Å². The number of hydrogen-bond acceptors (Lipinski definition) is 8. The molecule has 110 valence electrons. The minimum Gasteiger partial charge on any atom is -0.491 e. The van der Waals surface area contributed by atoms with Gasteiger partial charge >= 0.3 is 0 Å². The summed E-state index contributed by atoms with van der Waals surface area (Å²) in [7, 11) is 0. The van der Waals surface area contributed by atoms with E-state index in [0.29, 0.717) is 23.1 Å². The van der Waals surface area contributed by atoms with Crippen molar-refractivity contribution in [3.05, 3.63) is 29.8 Å². The molecule has 0 spiro atoms. The van der Waals surface area contributed by atoms with Crippen molar-refractivity contribution in [2.45, 2.75) is 16.9 Å². The Morgan fingerprint density at radius 1 is 1.38 bits per heavy atom. The Bertz CT molecular complexity index is 609. The van der Waals surface area contributed by atoms with Crippen LogP contribution in [-0.2, 0) is 6.42 Å². The number of aromatic nitrogens is 2. The Kier molecular flexibility index (Phi) is 5.80. The molecule has 0 amide bonds. The maximum Gasteiger partial charge on any atom is 0.203 e. The molecule has 0 aliphatic heterocycles. The molecule has 0 saturated heterocycles. The van der Waals surface area contributed by atoms with Crippen LogP contribution in [0.5, 0.6) is 5.75 Å². The number of aliphatic hydroxyl groups excluding tert-OH is 1. The molecule has 0 fully saturated rings. The zero-order valence-corrected chi connectivity index (χ0v) is 12.7. The monoisotopic (exact) mass is 322 g/mol. The zero-order valence-electron chi connectivity index (χ0n) is 11.1. The molecule has 0 bridgehead atoms. The van der Waals surface area contributed by atoms with Crippen LogP contribution < -0.4 is 10.5 Å². The molecule has 3 N–H and O–H groups in total. The number of ether oxygens (including phenoxy) is 1. The Balaban J connectivity index is 1.73. The van der Waals surface area contributed by atoms with E-state index in [9.17, 15) is 5.11 Å². The van der Waals surface area contributed by atoms with E-state index in [0.717, 1.165) is 9.90 Å². The third-order valence-corrected chi connectivity index (χ3v) is 4.50. The number of nitriles is 1. The van der Waals surface area contributed by atoms with Gasteiger partial charge in [0.25, 0.3) is 0 Å². The van der Waals surface area contributed by atoms with Crippen molar-refractivity contribution < 1.29 is 9.84 Å². The molecule has 1 aromatic heterocycles. The van der Waals surface area contributed by atoms with Gasteiger partial charge < -0.3 is 15.6 Å². The topological polar surface area (TPSA) is 105 Å². The van der Waals surface area contributed by atoms with Gasteiger partial charge in [-0.05, 0) is 17.7 Å². The van der Waals surface area contributed by atoms with Crippen LogP contribution in [0.4, 0.5) is 5.13 Å². The number of hydrogen-bond donors (Lipinski definition) is 2. The highest BCUT2D eigenvalue weighted by Crippen LogP contribution is 2.24. The number of benzene rings is 1. The molecule has 1 aromatic carbocycles. The fraction of sp³-hybridized carbons (Fsp3) is 0.308. The lowest BCUT2D eigenvalue weighted by molar-refractivity contribution is 0.126. The average molecular weight is 322 g/mol. The normalized spacial score (nSPS) is 11.8. The van der Waals surface area contributed by atoms with E-state index in [-0.39, 0.29) is 6.61 Å². The summed E-state index contributed by atoms with van der Waals surface area (Å²) in [6.07, 6.45) is -0.233. The first-order valence-electron chi connectivity index (χ1n) is 6.16. The van der Waals surface area contributed by atoms with Gasteiger partial charge in [0.2, 0.25) is 5.13 Å². The van der Waals surface area contributed by atoms with Crippen molar-refractivity contribution in [2.75, 3.05) is 18.1 Å². The maximum absolute atomic E-state index is 9.85. The second-order valence-corrected chi connectivity index (χ2v) is 6.44. The van der Waals surface area contributed by atoms with E-state index in [4.69, 9.17) is 15.7 Å². The quantitative estimate of drug-likeness (QED) is 0.748. The third-order valence-electron chi connectivity index (χ3n) is 2.47. The molecule has 8 heteroatoms. The molecule has 2 aromatic rings. The first-order valence-corrected chi connectivity index (χ1v) is 7.96. The lowest BCUT2D eigenvalue weighted by atomic mass is 10.2. The van der Waals surface area contributed by atoms with Crippen LogP contribution in [0.3, 0.4) is 0 Å². The fourth-order valence-corrected chi connectivity index (χ4v) is 3.05. The molecule has 0 radical (unpaired) electrons. The van der Waals surface area contributed by atoms with Crippen molar-refractivity contribution >= 4 is 28.2 Å². The number of aliphatic hydroxyl groups is 1. The highest BCUT2D eigenvalue weighted by molar-refractivity contribution is 8.01. The molecule has 2 rings (SSSR count). The minimum absolute atomic E-state index is 0.193. The Morgan fingerprint density at radius 3 is 2.76 bits per heavy atom. The standard InChI is InChI=1S/C13H14N4O2S2/c14-6-5-9-1-3-11(4-2-9)19-7-10(18)8-20-13-17-16-12(15)21-13/h1-4,10,18H,5,7-8H2,(H2,15,16). The number of rotatable bonds is 7. The maximum atomic E-state index is 9.85. The highest BCUT2D eigenvalue weighted by atomic mass is 32.2. The third kappa shape index (κ3) is 5.23. The Hall–Kier alpha value is -1.82. The number of nitrogens with zero attached hydrogens (tertiary/aromatic N) is 3. The van der Waals surface area contributed by atoms with E-state index in [1.54, 1.807) is 12.1 Å². The van der Waals surface area contributed by atoms with E-state index >= 15 is 0 Å². The van der Waals surface area contributed by atoms with E-state index < -0.39 is 6.10 Å². The molecule has 0 aliphatic rings. The molecule has 1 atom stereocenters. The van der Waals surface area contributed by atoms with Crippen LogP contribution in [-0.4, -0.2) is 33.8 Å². The van der Waals surface area contributed by atoms with Gasteiger partial charge in [-0.1, -0.05) is 35.2 Å².